The fourth-order valence-corrected chi connectivity index (χ4v) is 2.90. The van der Waals surface area contributed by atoms with Crippen LogP contribution in [0.1, 0.15) is 30.5 Å². The molecule has 0 bridgehead atoms. The third-order valence-electron chi connectivity index (χ3n) is 4.32. The van der Waals surface area contributed by atoms with Crippen LogP contribution in [0.5, 0.6) is 5.75 Å². The van der Waals surface area contributed by atoms with Crippen LogP contribution >= 0.6 is 0 Å². The van der Waals surface area contributed by atoms with Crippen molar-refractivity contribution in [1.29, 1.82) is 0 Å². The Morgan fingerprint density at radius 3 is 2.77 bits per heavy atom. The number of benzene rings is 2. The molecule has 0 spiro atoms. The van der Waals surface area contributed by atoms with E-state index in [1.807, 2.05) is 48.5 Å². The molecule has 2 aromatic rings. The molecule has 1 amide bonds. The first kappa shape index (κ1) is 17.8. The maximum Gasteiger partial charge on any atom is 0.242 e. The van der Waals surface area contributed by atoms with Gasteiger partial charge in [-0.25, -0.2) is 4.99 Å². The Labute approximate surface area is 153 Å². The second kappa shape index (κ2) is 8.38. The molecule has 1 heterocycles. The highest BCUT2D eigenvalue weighted by Crippen LogP contribution is 2.31. The van der Waals surface area contributed by atoms with Crippen LogP contribution in [0.4, 0.5) is 5.69 Å². The first-order chi connectivity index (χ1) is 12.7. The molecule has 0 saturated carbocycles. The maximum atomic E-state index is 12.2. The van der Waals surface area contributed by atoms with Gasteiger partial charge in [0.1, 0.15) is 12.3 Å². The number of amides is 1. The minimum atomic E-state index is -0.169. The molecule has 0 aromatic heterocycles. The minimum Gasteiger partial charge on any atom is -0.493 e. The second-order valence-electron chi connectivity index (χ2n) is 6.17. The number of para-hydroxylation sites is 1. The largest absolute Gasteiger partial charge is 0.493 e. The van der Waals surface area contributed by atoms with Gasteiger partial charge in [-0.1, -0.05) is 37.3 Å². The first-order valence-electron chi connectivity index (χ1n) is 8.82. The van der Waals surface area contributed by atoms with E-state index in [4.69, 9.17) is 10.5 Å². The lowest BCUT2D eigenvalue weighted by Gasteiger charge is -2.26. The minimum absolute atomic E-state index is 0.0224. The van der Waals surface area contributed by atoms with Crippen molar-refractivity contribution in [3.05, 3.63) is 59.7 Å². The number of carbonyl (C=O) groups excluding carboxylic acids is 1. The summed E-state index contributed by atoms with van der Waals surface area (Å²) in [5.74, 6) is 0.874. The molecule has 136 valence electrons. The zero-order chi connectivity index (χ0) is 18.4. The highest BCUT2D eigenvalue weighted by Gasteiger charge is 2.22. The van der Waals surface area contributed by atoms with Gasteiger partial charge < -0.3 is 21.1 Å². The van der Waals surface area contributed by atoms with Gasteiger partial charge in [0.2, 0.25) is 5.91 Å². The molecule has 0 aliphatic carbocycles. The van der Waals surface area contributed by atoms with Crippen molar-refractivity contribution in [3.8, 4) is 5.75 Å². The van der Waals surface area contributed by atoms with Gasteiger partial charge in [0.05, 0.1) is 12.6 Å². The fourth-order valence-electron chi connectivity index (χ4n) is 2.90. The molecule has 26 heavy (non-hydrogen) atoms. The van der Waals surface area contributed by atoms with Crippen LogP contribution < -0.4 is 21.1 Å². The lowest BCUT2D eigenvalue weighted by atomic mass is 10.0. The van der Waals surface area contributed by atoms with E-state index in [0.717, 1.165) is 29.8 Å². The van der Waals surface area contributed by atoms with Gasteiger partial charge >= 0.3 is 0 Å². The van der Waals surface area contributed by atoms with Gasteiger partial charge in [-0.3, -0.25) is 4.79 Å². The van der Waals surface area contributed by atoms with Crippen molar-refractivity contribution in [1.82, 2.24) is 5.32 Å². The summed E-state index contributed by atoms with van der Waals surface area (Å²) in [6.45, 7) is 2.67. The summed E-state index contributed by atoms with van der Waals surface area (Å²) < 4.78 is 5.61. The van der Waals surface area contributed by atoms with Crippen LogP contribution in [0.25, 0.3) is 0 Å². The first-order valence-corrected chi connectivity index (χ1v) is 8.82. The van der Waals surface area contributed by atoms with Crippen LogP contribution in [-0.2, 0) is 11.2 Å². The smallest absolute Gasteiger partial charge is 0.242 e. The van der Waals surface area contributed by atoms with E-state index in [-0.39, 0.29) is 24.5 Å². The van der Waals surface area contributed by atoms with Gasteiger partial charge in [-0.15, -0.1) is 0 Å². The van der Waals surface area contributed by atoms with E-state index in [0.29, 0.717) is 6.61 Å². The molecule has 0 saturated heterocycles. The molecular formula is C20H24N4O2. The molecule has 1 unspecified atom stereocenters. The number of nitrogens with zero attached hydrogens (tertiary/aromatic N) is 1. The summed E-state index contributed by atoms with van der Waals surface area (Å²) in [5.41, 5.74) is 8.97. The van der Waals surface area contributed by atoms with E-state index in [1.54, 1.807) is 0 Å². The molecule has 3 rings (SSSR count). The van der Waals surface area contributed by atoms with Gasteiger partial charge in [0, 0.05) is 17.7 Å². The lowest BCUT2D eigenvalue weighted by molar-refractivity contribution is -0.120. The molecular weight excluding hydrogens is 328 g/mol. The predicted molar refractivity (Wildman–Crippen MR) is 103 cm³/mol. The van der Waals surface area contributed by atoms with E-state index >= 15 is 0 Å². The molecule has 2 aromatic carbocycles. The van der Waals surface area contributed by atoms with Gasteiger partial charge in [-0.05, 0) is 30.2 Å². The molecule has 0 radical (unpaired) electrons. The summed E-state index contributed by atoms with van der Waals surface area (Å²) >= 11 is 0. The maximum absolute atomic E-state index is 12.2. The third kappa shape index (κ3) is 4.53. The van der Waals surface area contributed by atoms with Crippen molar-refractivity contribution < 1.29 is 9.53 Å². The molecule has 6 nitrogen and oxygen atoms in total. The van der Waals surface area contributed by atoms with Crippen molar-refractivity contribution in [2.45, 2.75) is 25.8 Å². The number of aliphatic imine (C=N–C) groups is 1. The molecule has 1 aliphatic rings. The van der Waals surface area contributed by atoms with Crippen LogP contribution in [0.3, 0.4) is 0 Å². The predicted octanol–water partition coefficient (Wildman–Crippen LogP) is 2.62. The number of nitrogens with one attached hydrogen (secondary N) is 2. The Balaban J connectivity index is 1.54. The number of fused-ring (bicyclic) bond motifs is 1. The summed E-state index contributed by atoms with van der Waals surface area (Å²) in [4.78, 5) is 16.3. The van der Waals surface area contributed by atoms with Crippen molar-refractivity contribution >= 4 is 17.6 Å². The zero-order valence-corrected chi connectivity index (χ0v) is 14.9. The SMILES string of the molecule is CCc1ccc(NC(N)=NCC(=O)NC2CCOc3ccccc32)cc1. The van der Waals surface area contributed by atoms with Crippen LogP contribution in [0.2, 0.25) is 0 Å². The summed E-state index contributed by atoms with van der Waals surface area (Å²) in [5, 5.41) is 6.00. The topological polar surface area (TPSA) is 88.7 Å². The fraction of sp³-hybridized carbons (Fsp3) is 0.300. The standard InChI is InChI=1S/C20H24N4O2/c1-2-14-7-9-15(10-8-14)23-20(21)22-13-19(25)24-17-11-12-26-18-6-4-3-5-16(17)18/h3-10,17H,2,11-13H2,1H3,(H,24,25)(H3,21,22,23). The average molecular weight is 352 g/mol. The molecule has 4 N–H and O–H groups in total. The number of aryl methyl sites for hydroxylation is 1. The Hall–Kier alpha value is -3.02. The highest BCUT2D eigenvalue weighted by atomic mass is 16.5. The Morgan fingerprint density at radius 2 is 2.00 bits per heavy atom. The number of rotatable bonds is 5. The average Bonchev–Trinajstić information content (AvgIpc) is 2.67. The zero-order valence-electron chi connectivity index (χ0n) is 14.9. The van der Waals surface area contributed by atoms with Crippen molar-refractivity contribution in [3.63, 3.8) is 0 Å². The number of nitrogens with two attached hydrogens (primary N) is 1. The van der Waals surface area contributed by atoms with Gasteiger partial charge in [0.15, 0.2) is 5.96 Å². The highest BCUT2D eigenvalue weighted by molar-refractivity contribution is 5.93. The number of hydrogen-bond acceptors (Lipinski definition) is 3. The van der Waals surface area contributed by atoms with E-state index in [2.05, 4.69) is 22.5 Å². The van der Waals surface area contributed by atoms with Gasteiger partial charge in [0.25, 0.3) is 0 Å². The number of ether oxygens (including phenoxy) is 1. The summed E-state index contributed by atoms with van der Waals surface area (Å²) in [6.07, 6.45) is 1.73. The third-order valence-corrected chi connectivity index (χ3v) is 4.32. The lowest BCUT2D eigenvalue weighted by Crippen LogP contribution is -2.34. The second-order valence-corrected chi connectivity index (χ2v) is 6.17. The van der Waals surface area contributed by atoms with Crippen molar-refractivity contribution in [2.24, 2.45) is 10.7 Å². The molecule has 1 atom stereocenters. The number of carbonyl (C=O) groups is 1. The summed E-state index contributed by atoms with van der Waals surface area (Å²) in [6, 6.07) is 15.6. The quantitative estimate of drug-likeness (QED) is 0.570. The Bertz CT molecular complexity index is 787. The van der Waals surface area contributed by atoms with Crippen LogP contribution in [0, 0.1) is 0 Å². The molecule has 0 fully saturated rings. The van der Waals surface area contributed by atoms with E-state index < -0.39 is 0 Å². The number of anilines is 1. The van der Waals surface area contributed by atoms with Crippen LogP contribution in [-0.4, -0.2) is 25.0 Å². The number of hydrogen-bond donors (Lipinski definition) is 3. The van der Waals surface area contributed by atoms with Gasteiger partial charge in [-0.2, -0.15) is 0 Å². The van der Waals surface area contributed by atoms with E-state index in [9.17, 15) is 4.79 Å². The van der Waals surface area contributed by atoms with Crippen molar-refractivity contribution in [2.75, 3.05) is 18.5 Å². The van der Waals surface area contributed by atoms with E-state index in [1.165, 1.54) is 5.56 Å². The number of guanidine groups is 1. The normalized spacial score (nSPS) is 16.3. The molecule has 1 aliphatic heterocycles. The Kier molecular flexibility index (Phi) is 5.73. The Morgan fingerprint density at radius 1 is 1.23 bits per heavy atom. The van der Waals surface area contributed by atoms with Crippen LogP contribution in [0.15, 0.2) is 53.5 Å². The summed E-state index contributed by atoms with van der Waals surface area (Å²) in [7, 11) is 0. The monoisotopic (exact) mass is 352 g/mol. The molecule has 6 heteroatoms.